The topological polar surface area (TPSA) is 43.1 Å². The van der Waals surface area contributed by atoms with Crippen molar-refractivity contribution in [2.75, 3.05) is 5.73 Å². The van der Waals surface area contributed by atoms with Crippen molar-refractivity contribution < 1.29 is 4.79 Å². The predicted molar refractivity (Wildman–Crippen MR) is 73.6 cm³/mol. The Morgan fingerprint density at radius 2 is 1.88 bits per heavy atom. The molecule has 6 heteroatoms. The Morgan fingerprint density at radius 3 is 2.47 bits per heavy atom. The second-order valence-electron chi connectivity index (χ2n) is 3.27. The van der Waals surface area contributed by atoms with Crippen molar-refractivity contribution in [1.29, 1.82) is 0 Å². The average Bonchev–Trinajstić information content (AvgIpc) is 2.61. The third-order valence-electron chi connectivity index (χ3n) is 2.20. The summed E-state index contributed by atoms with van der Waals surface area (Å²) < 4.78 is 0.804. The van der Waals surface area contributed by atoms with Crippen molar-refractivity contribution >= 4 is 57.6 Å². The highest BCUT2D eigenvalue weighted by Gasteiger charge is 2.19. The zero-order chi connectivity index (χ0) is 12.6. The number of rotatable bonds is 2. The van der Waals surface area contributed by atoms with E-state index in [1.54, 1.807) is 18.2 Å². The molecule has 0 saturated heterocycles. The summed E-state index contributed by atoms with van der Waals surface area (Å²) >= 11 is 18.7. The maximum Gasteiger partial charge on any atom is 0.197 e. The first-order valence-corrected chi connectivity index (χ1v) is 6.49. The van der Waals surface area contributed by atoms with Gasteiger partial charge in [-0.3, -0.25) is 4.79 Å². The number of ketones is 1. The number of hydrogen-bond donors (Lipinski definition) is 1. The summed E-state index contributed by atoms with van der Waals surface area (Å²) in [5, 5.41) is 0.341. The number of carbonyl (C=O) groups is 1. The lowest BCUT2D eigenvalue weighted by Gasteiger charge is -2.05. The first-order chi connectivity index (χ1) is 8.00. The first kappa shape index (κ1) is 12.7. The fourth-order valence-corrected chi connectivity index (χ4v) is 3.01. The van der Waals surface area contributed by atoms with Crippen LogP contribution in [0.1, 0.15) is 15.9 Å². The molecular weight excluding hydrogens is 301 g/mol. The molecule has 2 aromatic rings. The minimum absolute atomic E-state index is 0.248. The van der Waals surface area contributed by atoms with Gasteiger partial charge in [0.15, 0.2) is 5.78 Å². The second-order valence-corrected chi connectivity index (χ2v) is 5.96. The Labute approximate surface area is 117 Å². The zero-order valence-corrected chi connectivity index (χ0v) is 11.4. The number of thiophene rings is 1. The minimum Gasteiger partial charge on any atom is -0.397 e. The van der Waals surface area contributed by atoms with Crippen LogP contribution < -0.4 is 5.73 Å². The third-order valence-corrected chi connectivity index (χ3v) is 4.02. The smallest absolute Gasteiger partial charge is 0.197 e. The van der Waals surface area contributed by atoms with Crippen molar-refractivity contribution in [1.82, 2.24) is 0 Å². The molecule has 0 atom stereocenters. The maximum absolute atomic E-state index is 12.2. The van der Waals surface area contributed by atoms with Gasteiger partial charge in [0.25, 0.3) is 0 Å². The number of benzene rings is 1. The van der Waals surface area contributed by atoms with Crippen LogP contribution in [0.15, 0.2) is 24.3 Å². The van der Waals surface area contributed by atoms with Crippen molar-refractivity contribution in [3.8, 4) is 0 Å². The van der Waals surface area contributed by atoms with Crippen LogP contribution >= 0.6 is 46.1 Å². The molecule has 0 aliphatic rings. The van der Waals surface area contributed by atoms with E-state index in [0.717, 1.165) is 11.3 Å². The SMILES string of the molecule is Nc1c(Cl)cccc1C(=O)c1cc(Cl)sc1Cl. The van der Waals surface area contributed by atoms with Crippen molar-refractivity contribution in [3.63, 3.8) is 0 Å². The fraction of sp³-hybridized carbons (Fsp3) is 0. The van der Waals surface area contributed by atoms with Gasteiger partial charge in [-0.15, -0.1) is 11.3 Å². The maximum atomic E-state index is 12.2. The third kappa shape index (κ3) is 2.43. The summed E-state index contributed by atoms with van der Waals surface area (Å²) in [6.07, 6.45) is 0. The molecule has 1 heterocycles. The van der Waals surface area contributed by atoms with Crippen molar-refractivity contribution in [2.45, 2.75) is 0 Å². The van der Waals surface area contributed by atoms with Gasteiger partial charge in [-0.1, -0.05) is 40.9 Å². The molecule has 2 rings (SSSR count). The Balaban J connectivity index is 2.51. The van der Waals surface area contributed by atoms with Crippen LogP contribution in [0.3, 0.4) is 0 Å². The molecule has 0 fully saturated rings. The average molecular weight is 307 g/mol. The highest BCUT2D eigenvalue weighted by atomic mass is 35.5. The molecule has 0 unspecified atom stereocenters. The predicted octanol–water partition coefficient (Wildman–Crippen LogP) is 4.52. The molecule has 0 amide bonds. The van der Waals surface area contributed by atoms with Crippen LogP contribution in [-0.2, 0) is 0 Å². The Bertz CT molecular complexity index is 594. The van der Waals surface area contributed by atoms with E-state index in [2.05, 4.69) is 0 Å². The van der Waals surface area contributed by atoms with Gasteiger partial charge in [0, 0.05) is 5.56 Å². The number of halogens is 3. The number of anilines is 1. The second kappa shape index (κ2) is 4.86. The van der Waals surface area contributed by atoms with Gasteiger partial charge in [0.1, 0.15) is 4.34 Å². The largest absolute Gasteiger partial charge is 0.397 e. The lowest BCUT2D eigenvalue weighted by atomic mass is 10.0. The van der Waals surface area contributed by atoms with Gasteiger partial charge < -0.3 is 5.73 Å². The minimum atomic E-state index is -0.279. The number of hydrogen-bond acceptors (Lipinski definition) is 3. The summed E-state index contributed by atoms with van der Waals surface area (Å²) in [4.78, 5) is 12.2. The standard InChI is InChI=1S/C11H6Cl3NOS/c12-7-3-1-2-5(9(7)15)10(16)6-4-8(13)17-11(6)14/h1-4H,15H2. The molecule has 2 N–H and O–H groups in total. The molecule has 0 aliphatic heterocycles. The lowest BCUT2D eigenvalue weighted by molar-refractivity contribution is 0.104. The molecule has 0 saturated carbocycles. The van der Waals surface area contributed by atoms with E-state index >= 15 is 0 Å². The summed E-state index contributed by atoms with van der Waals surface area (Å²) in [5.74, 6) is -0.279. The van der Waals surface area contributed by atoms with Crippen molar-refractivity contribution in [3.05, 3.63) is 49.1 Å². The van der Waals surface area contributed by atoms with Crippen molar-refractivity contribution in [2.24, 2.45) is 0 Å². The molecule has 17 heavy (non-hydrogen) atoms. The quantitative estimate of drug-likeness (QED) is 0.654. The van der Waals surface area contributed by atoms with Gasteiger partial charge in [0.05, 0.1) is 20.6 Å². The number of carbonyl (C=O) groups excluding carboxylic acids is 1. The Hall–Kier alpha value is -0.740. The van der Waals surface area contributed by atoms with E-state index in [9.17, 15) is 4.79 Å². The molecule has 0 bridgehead atoms. The van der Waals surface area contributed by atoms with Gasteiger partial charge in [-0.2, -0.15) is 0 Å². The summed E-state index contributed by atoms with van der Waals surface area (Å²) in [6.45, 7) is 0. The van der Waals surface area contributed by atoms with Gasteiger partial charge in [-0.25, -0.2) is 0 Å². The van der Waals surface area contributed by atoms with Gasteiger partial charge in [0.2, 0.25) is 0 Å². The van der Waals surface area contributed by atoms with E-state index < -0.39 is 0 Å². The van der Waals surface area contributed by atoms with E-state index in [1.165, 1.54) is 6.07 Å². The summed E-state index contributed by atoms with van der Waals surface area (Å²) in [7, 11) is 0. The highest BCUT2D eigenvalue weighted by molar-refractivity contribution is 7.20. The van der Waals surface area contributed by atoms with Crippen LogP contribution in [0.4, 0.5) is 5.69 Å². The fourth-order valence-electron chi connectivity index (χ4n) is 1.38. The summed E-state index contributed by atoms with van der Waals surface area (Å²) in [5.41, 5.74) is 6.67. The summed E-state index contributed by atoms with van der Waals surface area (Å²) in [6, 6.07) is 6.41. The molecule has 0 spiro atoms. The highest BCUT2D eigenvalue weighted by Crippen LogP contribution is 2.34. The lowest BCUT2D eigenvalue weighted by Crippen LogP contribution is -2.05. The molecular formula is C11H6Cl3NOS. The van der Waals surface area contributed by atoms with Crippen LogP contribution in [0, 0.1) is 0 Å². The van der Waals surface area contributed by atoms with E-state index in [4.69, 9.17) is 40.5 Å². The number of para-hydroxylation sites is 1. The zero-order valence-electron chi connectivity index (χ0n) is 8.34. The Morgan fingerprint density at radius 1 is 1.18 bits per heavy atom. The van der Waals surface area contributed by atoms with Gasteiger partial charge in [-0.05, 0) is 18.2 Å². The molecule has 88 valence electrons. The van der Waals surface area contributed by atoms with Crippen LogP contribution in [0.25, 0.3) is 0 Å². The van der Waals surface area contributed by atoms with E-state index in [0.29, 0.717) is 24.8 Å². The molecule has 2 nitrogen and oxygen atoms in total. The number of nitrogens with two attached hydrogens (primary N) is 1. The monoisotopic (exact) mass is 305 g/mol. The molecule has 1 aromatic heterocycles. The van der Waals surface area contributed by atoms with E-state index in [1.807, 2.05) is 0 Å². The van der Waals surface area contributed by atoms with E-state index in [-0.39, 0.29) is 11.5 Å². The molecule has 0 radical (unpaired) electrons. The van der Waals surface area contributed by atoms with Gasteiger partial charge >= 0.3 is 0 Å². The molecule has 0 aliphatic carbocycles. The number of nitrogen functional groups attached to an aromatic ring is 1. The Kier molecular flexibility index (Phi) is 3.64. The van der Waals surface area contributed by atoms with Crippen LogP contribution in [-0.4, -0.2) is 5.78 Å². The first-order valence-electron chi connectivity index (χ1n) is 4.54. The molecule has 1 aromatic carbocycles. The normalized spacial score (nSPS) is 10.5. The van der Waals surface area contributed by atoms with Crippen LogP contribution in [0.2, 0.25) is 13.7 Å². The van der Waals surface area contributed by atoms with Crippen LogP contribution in [0.5, 0.6) is 0 Å².